The summed E-state index contributed by atoms with van der Waals surface area (Å²) in [6.07, 6.45) is 1.50. The lowest BCUT2D eigenvalue weighted by molar-refractivity contribution is 0.0675. The van der Waals surface area contributed by atoms with E-state index in [2.05, 4.69) is 0 Å². The molecule has 6 heteroatoms. The van der Waals surface area contributed by atoms with Crippen LogP contribution in [-0.4, -0.2) is 33.8 Å². The van der Waals surface area contributed by atoms with Crippen molar-refractivity contribution in [2.45, 2.75) is 0 Å². The summed E-state index contributed by atoms with van der Waals surface area (Å²) in [4.78, 5) is 22.3. The molecule has 0 fully saturated rings. The predicted octanol–water partition coefficient (Wildman–Crippen LogP) is 1.88. The van der Waals surface area contributed by atoms with E-state index in [1.54, 1.807) is 12.1 Å². The number of aromatic carboxylic acids is 2. The minimum Gasteiger partial charge on any atom is -0.497 e. The summed E-state index contributed by atoms with van der Waals surface area (Å²) in [5.74, 6) is -1.89. The van der Waals surface area contributed by atoms with Gasteiger partial charge >= 0.3 is 11.9 Å². The van der Waals surface area contributed by atoms with Crippen LogP contribution in [0.2, 0.25) is 0 Å². The molecule has 6 nitrogen and oxygen atoms in total. The first-order chi connectivity index (χ1) is 9.04. The predicted molar refractivity (Wildman–Crippen MR) is 66.2 cm³/mol. The molecule has 19 heavy (non-hydrogen) atoms. The van der Waals surface area contributed by atoms with Crippen LogP contribution in [0.3, 0.4) is 0 Å². The summed E-state index contributed by atoms with van der Waals surface area (Å²) < 4.78 is 6.28. The molecule has 0 aliphatic heterocycles. The molecule has 0 spiro atoms. The third-order valence-electron chi connectivity index (χ3n) is 2.66. The zero-order valence-corrected chi connectivity index (χ0v) is 10.0. The van der Waals surface area contributed by atoms with Crippen LogP contribution in [0.1, 0.15) is 20.8 Å². The van der Waals surface area contributed by atoms with E-state index in [4.69, 9.17) is 9.84 Å². The molecule has 98 valence electrons. The van der Waals surface area contributed by atoms with Crippen molar-refractivity contribution in [1.82, 2.24) is 4.57 Å². The number of aromatic nitrogens is 1. The van der Waals surface area contributed by atoms with Crippen LogP contribution in [0.4, 0.5) is 0 Å². The van der Waals surface area contributed by atoms with E-state index in [0.29, 0.717) is 5.75 Å². The molecule has 2 N–H and O–H groups in total. The van der Waals surface area contributed by atoms with E-state index in [1.165, 1.54) is 36.1 Å². The lowest BCUT2D eigenvalue weighted by atomic mass is 10.1. The Hall–Kier alpha value is -2.76. The van der Waals surface area contributed by atoms with Gasteiger partial charge in [0.2, 0.25) is 0 Å². The number of rotatable bonds is 4. The second-order valence-electron chi connectivity index (χ2n) is 3.76. The molecule has 0 amide bonds. The van der Waals surface area contributed by atoms with Gasteiger partial charge in [-0.1, -0.05) is 0 Å². The van der Waals surface area contributed by atoms with Gasteiger partial charge in [0.15, 0.2) is 0 Å². The van der Waals surface area contributed by atoms with Crippen LogP contribution in [0.5, 0.6) is 5.75 Å². The molecule has 0 aliphatic rings. The average Bonchev–Trinajstić information content (AvgIpc) is 2.87. The van der Waals surface area contributed by atoms with E-state index in [9.17, 15) is 14.7 Å². The topological polar surface area (TPSA) is 88.8 Å². The summed E-state index contributed by atoms with van der Waals surface area (Å²) >= 11 is 0. The number of carboxylic acid groups (broad SMARTS) is 2. The van der Waals surface area contributed by atoms with Gasteiger partial charge in [-0.15, -0.1) is 0 Å². The number of carbonyl (C=O) groups is 2. The molecule has 0 radical (unpaired) electrons. The molecule has 1 aromatic carbocycles. The Kier molecular flexibility index (Phi) is 3.24. The SMILES string of the molecule is COc1ccc(-n2cccc2C(=O)O)c(C(=O)O)c1. The number of hydrogen-bond donors (Lipinski definition) is 2. The Morgan fingerprint density at radius 3 is 2.47 bits per heavy atom. The van der Waals surface area contributed by atoms with Gasteiger partial charge in [-0.3, -0.25) is 0 Å². The van der Waals surface area contributed by atoms with E-state index in [0.717, 1.165) is 0 Å². The van der Waals surface area contributed by atoms with Gasteiger partial charge in [0, 0.05) is 6.20 Å². The fraction of sp³-hybridized carbons (Fsp3) is 0.0769. The maximum Gasteiger partial charge on any atom is 0.352 e. The fourth-order valence-corrected chi connectivity index (χ4v) is 1.79. The molecular weight excluding hydrogens is 250 g/mol. The third-order valence-corrected chi connectivity index (χ3v) is 2.66. The molecule has 0 saturated heterocycles. The zero-order chi connectivity index (χ0) is 14.0. The summed E-state index contributed by atoms with van der Waals surface area (Å²) in [6.45, 7) is 0. The highest BCUT2D eigenvalue weighted by molar-refractivity contribution is 5.94. The smallest absolute Gasteiger partial charge is 0.352 e. The van der Waals surface area contributed by atoms with Gasteiger partial charge < -0.3 is 19.5 Å². The molecule has 2 rings (SSSR count). The van der Waals surface area contributed by atoms with E-state index in [1.807, 2.05) is 0 Å². The minimum absolute atomic E-state index is 0.00679. The molecule has 0 saturated carbocycles. The number of nitrogens with zero attached hydrogens (tertiary/aromatic N) is 1. The summed E-state index contributed by atoms with van der Waals surface area (Å²) in [5.41, 5.74) is 0.237. The highest BCUT2D eigenvalue weighted by Crippen LogP contribution is 2.23. The first-order valence-electron chi connectivity index (χ1n) is 5.37. The number of carboxylic acids is 2. The number of methoxy groups -OCH3 is 1. The molecule has 2 aromatic rings. The fourth-order valence-electron chi connectivity index (χ4n) is 1.79. The minimum atomic E-state index is -1.15. The van der Waals surface area contributed by atoms with Crippen molar-refractivity contribution in [3.63, 3.8) is 0 Å². The van der Waals surface area contributed by atoms with E-state index in [-0.39, 0.29) is 16.9 Å². The monoisotopic (exact) mass is 261 g/mol. The Balaban J connectivity index is 2.64. The van der Waals surface area contributed by atoms with Crippen molar-refractivity contribution < 1.29 is 24.5 Å². The van der Waals surface area contributed by atoms with Gasteiger partial charge in [-0.25, -0.2) is 9.59 Å². The molecule has 1 aromatic heterocycles. The largest absolute Gasteiger partial charge is 0.497 e. The van der Waals surface area contributed by atoms with Gasteiger partial charge in [0.1, 0.15) is 11.4 Å². The highest BCUT2D eigenvalue weighted by atomic mass is 16.5. The Morgan fingerprint density at radius 1 is 1.16 bits per heavy atom. The summed E-state index contributed by atoms with van der Waals surface area (Å²) in [7, 11) is 1.43. The number of hydrogen-bond acceptors (Lipinski definition) is 3. The molecule has 1 heterocycles. The molecule has 0 unspecified atom stereocenters. The van der Waals surface area contributed by atoms with Crippen LogP contribution < -0.4 is 4.74 Å². The average molecular weight is 261 g/mol. The first-order valence-corrected chi connectivity index (χ1v) is 5.37. The van der Waals surface area contributed by atoms with Crippen molar-refractivity contribution in [3.05, 3.63) is 47.8 Å². The quantitative estimate of drug-likeness (QED) is 0.877. The summed E-state index contributed by atoms with van der Waals surface area (Å²) in [6, 6.07) is 7.38. The van der Waals surface area contributed by atoms with Crippen molar-refractivity contribution in [2.75, 3.05) is 7.11 Å². The van der Waals surface area contributed by atoms with Crippen molar-refractivity contribution in [3.8, 4) is 11.4 Å². The highest BCUT2D eigenvalue weighted by Gasteiger charge is 2.17. The van der Waals surface area contributed by atoms with Crippen molar-refractivity contribution in [2.24, 2.45) is 0 Å². The van der Waals surface area contributed by atoms with Crippen LogP contribution in [-0.2, 0) is 0 Å². The van der Waals surface area contributed by atoms with E-state index < -0.39 is 11.9 Å². The van der Waals surface area contributed by atoms with E-state index >= 15 is 0 Å². The zero-order valence-electron chi connectivity index (χ0n) is 10.0. The number of ether oxygens (including phenoxy) is 1. The second-order valence-corrected chi connectivity index (χ2v) is 3.76. The molecule has 0 atom stereocenters. The van der Waals surface area contributed by atoms with Gasteiger partial charge in [-0.2, -0.15) is 0 Å². The van der Waals surface area contributed by atoms with Crippen LogP contribution in [0.15, 0.2) is 36.5 Å². The standard InChI is InChI=1S/C13H11NO5/c1-19-8-4-5-10(9(7-8)12(15)16)14-6-2-3-11(14)13(17)18/h2-7H,1H3,(H,15,16)(H,17,18). The molecule has 0 aliphatic carbocycles. The van der Waals surface area contributed by atoms with Crippen LogP contribution in [0.25, 0.3) is 5.69 Å². The lowest BCUT2D eigenvalue weighted by Crippen LogP contribution is -2.10. The molecular formula is C13H11NO5. The van der Waals surface area contributed by atoms with Gasteiger partial charge in [0.25, 0.3) is 0 Å². The van der Waals surface area contributed by atoms with Crippen molar-refractivity contribution in [1.29, 1.82) is 0 Å². The second kappa shape index (κ2) is 4.85. The maximum absolute atomic E-state index is 11.2. The lowest BCUT2D eigenvalue weighted by Gasteiger charge is -2.11. The summed E-state index contributed by atoms with van der Waals surface area (Å²) in [5, 5.41) is 18.3. The third kappa shape index (κ3) is 2.28. The van der Waals surface area contributed by atoms with Crippen LogP contribution in [0, 0.1) is 0 Å². The Morgan fingerprint density at radius 2 is 1.89 bits per heavy atom. The molecule has 0 bridgehead atoms. The Bertz CT molecular complexity index is 644. The maximum atomic E-state index is 11.2. The first kappa shape index (κ1) is 12.7. The van der Waals surface area contributed by atoms with Crippen LogP contribution >= 0.6 is 0 Å². The van der Waals surface area contributed by atoms with Crippen molar-refractivity contribution >= 4 is 11.9 Å². The van der Waals surface area contributed by atoms with Gasteiger partial charge in [0.05, 0.1) is 18.4 Å². The Labute approximate surface area is 108 Å². The van der Waals surface area contributed by atoms with Gasteiger partial charge in [-0.05, 0) is 30.3 Å². The normalized spacial score (nSPS) is 10.2. The number of benzene rings is 1.